The smallest absolute Gasteiger partial charge is 0.241 e. The molecule has 0 aromatic heterocycles. The first-order valence-corrected chi connectivity index (χ1v) is 10.5. The monoisotopic (exact) mass is 390 g/mol. The number of nitrogens with zero attached hydrogens (tertiary/aromatic N) is 3. The van der Waals surface area contributed by atoms with E-state index in [-0.39, 0.29) is 17.8 Å². The average molecular weight is 391 g/mol. The van der Waals surface area contributed by atoms with Crippen LogP contribution in [0.2, 0.25) is 0 Å². The van der Waals surface area contributed by atoms with Crippen LogP contribution in [0.1, 0.15) is 32.3 Å². The molecule has 2 heterocycles. The molecule has 2 aliphatic heterocycles. The Balaban J connectivity index is 1.49. The van der Waals surface area contributed by atoms with Crippen molar-refractivity contribution in [1.82, 2.24) is 14.7 Å². The SMILES string of the molecule is Cc1ccc(NC(=O)[C@H](C)N2CCC(C)(CN3CCN(C)CC3)CC2)cc1F. The normalized spacial score (nSPS) is 22.8. The van der Waals surface area contributed by atoms with Gasteiger partial charge in [-0.25, -0.2) is 4.39 Å². The summed E-state index contributed by atoms with van der Waals surface area (Å²) in [6.45, 7) is 13.7. The van der Waals surface area contributed by atoms with Gasteiger partial charge in [-0.15, -0.1) is 0 Å². The number of piperidine rings is 1. The summed E-state index contributed by atoms with van der Waals surface area (Å²) in [7, 11) is 2.19. The van der Waals surface area contributed by atoms with E-state index in [4.69, 9.17) is 0 Å². The van der Waals surface area contributed by atoms with Crippen LogP contribution >= 0.6 is 0 Å². The van der Waals surface area contributed by atoms with Crippen LogP contribution in [0.15, 0.2) is 18.2 Å². The molecule has 0 aliphatic carbocycles. The maximum atomic E-state index is 13.7. The van der Waals surface area contributed by atoms with E-state index >= 15 is 0 Å². The molecule has 2 aliphatic rings. The maximum Gasteiger partial charge on any atom is 0.241 e. The zero-order valence-corrected chi connectivity index (χ0v) is 17.8. The van der Waals surface area contributed by atoms with E-state index in [9.17, 15) is 9.18 Å². The Kier molecular flexibility index (Phi) is 6.73. The van der Waals surface area contributed by atoms with Crippen LogP contribution in [0.5, 0.6) is 0 Å². The van der Waals surface area contributed by atoms with Gasteiger partial charge in [0, 0.05) is 38.4 Å². The van der Waals surface area contributed by atoms with Gasteiger partial charge in [-0.2, -0.15) is 0 Å². The standard InChI is InChI=1S/C22H35FN4O/c1-17-5-6-19(15-20(17)23)24-21(28)18(2)27-9-7-22(3,8-10-27)16-26-13-11-25(4)12-14-26/h5-6,15,18H,7-14,16H2,1-4H3,(H,24,28)/t18-/m0/s1. The number of benzene rings is 1. The van der Waals surface area contributed by atoms with Gasteiger partial charge in [0.15, 0.2) is 0 Å². The number of likely N-dealkylation sites (N-methyl/N-ethyl adjacent to an activating group) is 1. The number of aryl methyl sites for hydroxylation is 1. The number of nitrogens with one attached hydrogen (secondary N) is 1. The van der Waals surface area contributed by atoms with Gasteiger partial charge in [0.25, 0.3) is 0 Å². The van der Waals surface area contributed by atoms with Crippen LogP contribution in [0.3, 0.4) is 0 Å². The molecule has 3 rings (SSSR count). The topological polar surface area (TPSA) is 38.8 Å². The number of hydrogen-bond donors (Lipinski definition) is 1. The van der Waals surface area contributed by atoms with Crippen LogP contribution in [-0.2, 0) is 4.79 Å². The fraction of sp³-hybridized carbons (Fsp3) is 0.682. The minimum absolute atomic E-state index is 0.0640. The van der Waals surface area contributed by atoms with Gasteiger partial charge >= 0.3 is 0 Å². The first-order valence-electron chi connectivity index (χ1n) is 10.5. The van der Waals surface area contributed by atoms with E-state index in [0.717, 1.165) is 58.7 Å². The molecule has 0 bridgehead atoms. The van der Waals surface area contributed by atoms with Crippen LogP contribution in [-0.4, -0.2) is 79.5 Å². The number of piperazine rings is 1. The van der Waals surface area contributed by atoms with Crippen molar-refractivity contribution in [3.63, 3.8) is 0 Å². The lowest BCUT2D eigenvalue weighted by Crippen LogP contribution is -2.52. The Morgan fingerprint density at radius 2 is 1.82 bits per heavy atom. The molecule has 1 aromatic rings. The fourth-order valence-electron chi connectivity index (χ4n) is 4.24. The summed E-state index contributed by atoms with van der Waals surface area (Å²) in [5.74, 6) is -0.353. The highest BCUT2D eigenvalue weighted by Gasteiger charge is 2.35. The van der Waals surface area contributed by atoms with Crippen molar-refractivity contribution in [2.24, 2.45) is 5.41 Å². The van der Waals surface area contributed by atoms with Gasteiger partial charge in [-0.3, -0.25) is 9.69 Å². The molecule has 28 heavy (non-hydrogen) atoms. The Morgan fingerprint density at radius 3 is 2.43 bits per heavy atom. The second-order valence-electron chi connectivity index (χ2n) is 9.06. The number of carbonyl (C=O) groups excluding carboxylic acids is 1. The molecule has 0 radical (unpaired) electrons. The average Bonchev–Trinajstić information content (AvgIpc) is 2.66. The third-order valence-corrected chi connectivity index (χ3v) is 6.57. The summed E-state index contributed by atoms with van der Waals surface area (Å²) in [5, 5.41) is 2.86. The van der Waals surface area contributed by atoms with E-state index in [0.29, 0.717) is 16.7 Å². The molecule has 1 aromatic carbocycles. The van der Waals surface area contributed by atoms with Crippen LogP contribution < -0.4 is 5.32 Å². The molecular weight excluding hydrogens is 355 g/mol. The lowest BCUT2D eigenvalue weighted by Gasteiger charge is -2.45. The van der Waals surface area contributed by atoms with E-state index < -0.39 is 0 Å². The summed E-state index contributed by atoms with van der Waals surface area (Å²) >= 11 is 0. The minimum atomic E-state index is -0.289. The third-order valence-electron chi connectivity index (χ3n) is 6.57. The van der Waals surface area contributed by atoms with Crippen molar-refractivity contribution in [3.05, 3.63) is 29.6 Å². The quantitative estimate of drug-likeness (QED) is 0.839. The van der Waals surface area contributed by atoms with Crippen LogP contribution in [0.4, 0.5) is 10.1 Å². The van der Waals surface area contributed by atoms with Crippen molar-refractivity contribution < 1.29 is 9.18 Å². The second-order valence-corrected chi connectivity index (χ2v) is 9.06. The predicted molar refractivity (Wildman–Crippen MR) is 112 cm³/mol. The van der Waals surface area contributed by atoms with Crippen molar-refractivity contribution in [1.29, 1.82) is 0 Å². The van der Waals surface area contributed by atoms with Crippen molar-refractivity contribution in [2.45, 2.75) is 39.7 Å². The third kappa shape index (κ3) is 5.31. The van der Waals surface area contributed by atoms with E-state index in [1.54, 1.807) is 19.1 Å². The van der Waals surface area contributed by atoms with Crippen molar-refractivity contribution in [2.75, 3.05) is 58.2 Å². The Morgan fingerprint density at radius 1 is 1.18 bits per heavy atom. The fourth-order valence-corrected chi connectivity index (χ4v) is 4.24. The highest BCUT2D eigenvalue weighted by Crippen LogP contribution is 2.33. The Bertz CT molecular complexity index is 679. The second kappa shape index (κ2) is 8.89. The first kappa shape index (κ1) is 21.2. The molecule has 2 fully saturated rings. The van der Waals surface area contributed by atoms with E-state index in [1.807, 2.05) is 6.92 Å². The maximum absolute atomic E-state index is 13.7. The lowest BCUT2D eigenvalue weighted by atomic mass is 9.79. The summed E-state index contributed by atoms with van der Waals surface area (Å²) in [6.07, 6.45) is 2.21. The van der Waals surface area contributed by atoms with Gasteiger partial charge in [-0.05, 0) is 69.9 Å². The number of anilines is 1. The lowest BCUT2D eigenvalue weighted by molar-refractivity contribution is -0.121. The highest BCUT2D eigenvalue weighted by molar-refractivity contribution is 5.94. The molecule has 1 amide bonds. The summed E-state index contributed by atoms with van der Waals surface area (Å²) < 4.78 is 13.7. The van der Waals surface area contributed by atoms with E-state index in [2.05, 4.69) is 34.0 Å². The number of rotatable bonds is 5. The number of hydrogen-bond acceptors (Lipinski definition) is 4. The molecular formula is C22H35FN4O. The zero-order chi connectivity index (χ0) is 20.3. The molecule has 1 atom stereocenters. The molecule has 6 heteroatoms. The molecule has 1 N–H and O–H groups in total. The number of likely N-dealkylation sites (tertiary alicyclic amines) is 1. The number of amides is 1. The molecule has 2 saturated heterocycles. The predicted octanol–water partition coefficient (Wildman–Crippen LogP) is 2.81. The largest absolute Gasteiger partial charge is 0.325 e. The van der Waals surface area contributed by atoms with Crippen LogP contribution in [0.25, 0.3) is 0 Å². The number of carbonyl (C=O) groups is 1. The molecule has 0 spiro atoms. The number of halogens is 1. The molecule has 0 unspecified atom stereocenters. The van der Waals surface area contributed by atoms with Gasteiger partial charge in [-0.1, -0.05) is 13.0 Å². The van der Waals surface area contributed by atoms with Gasteiger partial charge < -0.3 is 15.1 Å². The summed E-state index contributed by atoms with van der Waals surface area (Å²) in [4.78, 5) is 19.9. The molecule has 0 saturated carbocycles. The minimum Gasteiger partial charge on any atom is -0.325 e. The van der Waals surface area contributed by atoms with Gasteiger partial charge in [0.2, 0.25) is 5.91 Å². The molecule has 5 nitrogen and oxygen atoms in total. The van der Waals surface area contributed by atoms with Gasteiger partial charge in [0.1, 0.15) is 5.82 Å². The van der Waals surface area contributed by atoms with Crippen molar-refractivity contribution in [3.8, 4) is 0 Å². The first-order chi connectivity index (χ1) is 13.3. The molecule has 156 valence electrons. The highest BCUT2D eigenvalue weighted by atomic mass is 19.1. The van der Waals surface area contributed by atoms with Crippen molar-refractivity contribution >= 4 is 11.6 Å². The zero-order valence-electron chi connectivity index (χ0n) is 17.8. The van der Waals surface area contributed by atoms with Gasteiger partial charge in [0.05, 0.1) is 6.04 Å². The Hall–Kier alpha value is -1.50. The summed E-state index contributed by atoms with van der Waals surface area (Å²) in [5.41, 5.74) is 1.43. The van der Waals surface area contributed by atoms with E-state index in [1.165, 1.54) is 6.07 Å². The van der Waals surface area contributed by atoms with Crippen LogP contribution in [0, 0.1) is 18.2 Å². The summed E-state index contributed by atoms with van der Waals surface area (Å²) in [6, 6.07) is 4.63. The Labute approximate surface area is 168 Å².